The van der Waals surface area contributed by atoms with Gasteiger partial charge in [0.2, 0.25) is 0 Å². The predicted octanol–water partition coefficient (Wildman–Crippen LogP) is 2.22. The Morgan fingerprint density at radius 1 is 1.33 bits per heavy atom. The molecule has 1 saturated heterocycles. The van der Waals surface area contributed by atoms with Gasteiger partial charge in [0.1, 0.15) is 5.82 Å². The van der Waals surface area contributed by atoms with Gasteiger partial charge in [-0.05, 0) is 44.0 Å². The highest BCUT2D eigenvalue weighted by molar-refractivity contribution is 5.38. The number of nitrogens with zero attached hydrogens (tertiary/aromatic N) is 2. The van der Waals surface area contributed by atoms with E-state index in [2.05, 4.69) is 15.2 Å². The molecule has 1 aliphatic heterocycles. The third kappa shape index (κ3) is 4.86. The van der Waals surface area contributed by atoms with Gasteiger partial charge >= 0.3 is 6.18 Å². The summed E-state index contributed by atoms with van der Waals surface area (Å²) in [5.41, 5.74) is -0.691. The van der Waals surface area contributed by atoms with E-state index in [4.69, 9.17) is 5.11 Å². The van der Waals surface area contributed by atoms with Crippen LogP contribution in [-0.2, 0) is 6.18 Å². The van der Waals surface area contributed by atoms with Crippen LogP contribution in [0.3, 0.4) is 0 Å². The van der Waals surface area contributed by atoms with Gasteiger partial charge in [-0.1, -0.05) is 0 Å². The molecule has 0 amide bonds. The van der Waals surface area contributed by atoms with E-state index in [0.29, 0.717) is 12.5 Å². The average molecular weight is 303 g/mol. The lowest BCUT2D eigenvalue weighted by atomic mass is 9.98. The first kappa shape index (κ1) is 16.0. The van der Waals surface area contributed by atoms with E-state index in [0.717, 1.165) is 50.8 Å². The molecule has 0 saturated carbocycles. The van der Waals surface area contributed by atoms with Crippen molar-refractivity contribution in [3.63, 3.8) is 0 Å². The molecule has 2 heterocycles. The van der Waals surface area contributed by atoms with Gasteiger partial charge in [-0.3, -0.25) is 0 Å². The first-order valence-corrected chi connectivity index (χ1v) is 7.09. The maximum atomic E-state index is 12.6. The van der Waals surface area contributed by atoms with Gasteiger partial charge in [-0.2, -0.15) is 13.2 Å². The van der Waals surface area contributed by atoms with Crippen molar-refractivity contribution in [1.82, 2.24) is 9.88 Å². The quantitative estimate of drug-likeness (QED) is 0.875. The summed E-state index contributed by atoms with van der Waals surface area (Å²) < 4.78 is 37.7. The maximum absolute atomic E-state index is 12.6. The summed E-state index contributed by atoms with van der Waals surface area (Å²) in [6, 6.07) is 1.99. The van der Waals surface area contributed by atoms with E-state index in [1.165, 1.54) is 0 Å². The normalized spacial score (nSPS) is 17.9. The van der Waals surface area contributed by atoms with Crippen molar-refractivity contribution in [2.45, 2.75) is 19.0 Å². The second kappa shape index (κ2) is 7.09. The standard InChI is InChI=1S/C14H20F3N3O/c15-14(16,17)12-1-4-18-13(9-12)19-5-8-20-6-2-11(10-21)3-7-20/h1,4,9,11,21H,2-3,5-8,10H2,(H,18,19). The van der Waals surface area contributed by atoms with Crippen molar-refractivity contribution in [3.8, 4) is 0 Å². The number of piperidine rings is 1. The Bertz CT molecular complexity index is 445. The van der Waals surface area contributed by atoms with Crippen LogP contribution in [0.1, 0.15) is 18.4 Å². The number of alkyl halides is 3. The molecule has 2 rings (SSSR count). The van der Waals surface area contributed by atoms with E-state index < -0.39 is 11.7 Å². The second-order valence-electron chi connectivity index (χ2n) is 5.32. The molecule has 1 aromatic rings. The predicted molar refractivity (Wildman–Crippen MR) is 74.0 cm³/mol. The van der Waals surface area contributed by atoms with Gasteiger partial charge in [0, 0.05) is 25.9 Å². The number of likely N-dealkylation sites (tertiary alicyclic amines) is 1. The molecule has 0 radical (unpaired) electrons. The first-order valence-electron chi connectivity index (χ1n) is 7.09. The van der Waals surface area contributed by atoms with E-state index in [1.807, 2.05) is 0 Å². The number of hydrogen-bond acceptors (Lipinski definition) is 4. The smallest absolute Gasteiger partial charge is 0.396 e. The fourth-order valence-electron chi connectivity index (χ4n) is 2.44. The Morgan fingerprint density at radius 2 is 2.05 bits per heavy atom. The highest BCUT2D eigenvalue weighted by Gasteiger charge is 2.30. The lowest BCUT2D eigenvalue weighted by Gasteiger charge is -2.31. The second-order valence-corrected chi connectivity index (χ2v) is 5.32. The Balaban J connectivity index is 1.76. The summed E-state index contributed by atoms with van der Waals surface area (Å²) in [4.78, 5) is 6.14. The number of rotatable bonds is 5. The Hall–Kier alpha value is -1.34. The third-order valence-electron chi connectivity index (χ3n) is 3.79. The van der Waals surface area contributed by atoms with Crippen molar-refractivity contribution in [1.29, 1.82) is 0 Å². The summed E-state index contributed by atoms with van der Waals surface area (Å²) >= 11 is 0. The molecule has 2 N–H and O–H groups in total. The summed E-state index contributed by atoms with van der Waals surface area (Å²) in [5, 5.41) is 12.0. The van der Waals surface area contributed by atoms with Gasteiger partial charge < -0.3 is 15.3 Å². The van der Waals surface area contributed by atoms with E-state index in [1.54, 1.807) is 0 Å². The van der Waals surface area contributed by atoms with Crippen LogP contribution in [0.5, 0.6) is 0 Å². The van der Waals surface area contributed by atoms with Crippen LogP contribution in [0, 0.1) is 5.92 Å². The van der Waals surface area contributed by atoms with Crippen molar-refractivity contribution in [2.24, 2.45) is 5.92 Å². The van der Waals surface area contributed by atoms with Gasteiger partial charge in [0.05, 0.1) is 5.56 Å². The minimum atomic E-state index is -4.34. The minimum absolute atomic E-state index is 0.236. The number of aliphatic hydroxyl groups is 1. The molecule has 0 bridgehead atoms. The monoisotopic (exact) mass is 303 g/mol. The van der Waals surface area contributed by atoms with Gasteiger partial charge in [-0.15, -0.1) is 0 Å². The number of nitrogens with one attached hydrogen (secondary N) is 1. The SMILES string of the molecule is OCC1CCN(CCNc2cc(C(F)(F)F)ccn2)CC1. The number of pyridine rings is 1. The molecule has 21 heavy (non-hydrogen) atoms. The molecule has 7 heteroatoms. The van der Waals surface area contributed by atoms with Crippen LogP contribution in [0.15, 0.2) is 18.3 Å². The molecule has 1 aliphatic rings. The maximum Gasteiger partial charge on any atom is 0.416 e. The lowest BCUT2D eigenvalue weighted by molar-refractivity contribution is -0.137. The summed E-state index contributed by atoms with van der Waals surface area (Å²) in [7, 11) is 0. The Kier molecular flexibility index (Phi) is 5.41. The van der Waals surface area contributed by atoms with E-state index >= 15 is 0 Å². The van der Waals surface area contributed by atoms with Gasteiger partial charge in [0.15, 0.2) is 0 Å². The average Bonchev–Trinajstić information content (AvgIpc) is 2.47. The molecule has 1 fully saturated rings. The largest absolute Gasteiger partial charge is 0.416 e. The Morgan fingerprint density at radius 3 is 2.67 bits per heavy atom. The summed E-state index contributed by atoms with van der Waals surface area (Å²) in [6.07, 6.45) is -1.24. The molecule has 0 unspecified atom stereocenters. The zero-order valence-electron chi connectivity index (χ0n) is 11.7. The molecular weight excluding hydrogens is 283 g/mol. The number of anilines is 1. The molecule has 0 aliphatic carbocycles. The van der Waals surface area contributed by atoms with Crippen LogP contribution in [0.2, 0.25) is 0 Å². The van der Waals surface area contributed by atoms with Crippen LogP contribution >= 0.6 is 0 Å². The number of aliphatic hydroxyl groups excluding tert-OH is 1. The number of hydrogen-bond donors (Lipinski definition) is 2. The topological polar surface area (TPSA) is 48.4 Å². The first-order chi connectivity index (χ1) is 9.99. The highest BCUT2D eigenvalue weighted by Crippen LogP contribution is 2.29. The molecule has 118 valence electrons. The van der Waals surface area contributed by atoms with Crippen molar-refractivity contribution < 1.29 is 18.3 Å². The summed E-state index contributed by atoms with van der Waals surface area (Å²) in [6.45, 7) is 3.39. The molecule has 0 aromatic carbocycles. The highest BCUT2D eigenvalue weighted by atomic mass is 19.4. The minimum Gasteiger partial charge on any atom is -0.396 e. The molecule has 1 aromatic heterocycles. The molecule has 0 atom stereocenters. The van der Waals surface area contributed by atoms with Gasteiger partial charge in [-0.25, -0.2) is 4.98 Å². The molecule has 4 nitrogen and oxygen atoms in total. The van der Waals surface area contributed by atoms with E-state index in [-0.39, 0.29) is 12.4 Å². The fourth-order valence-corrected chi connectivity index (χ4v) is 2.44. The number of halogens is 3. The molecule has 0 spiro atoms. The van der Waals surface area contributed by atoms with Gasteiger partial charge in [0.25, 0.3) is 0 Å². The third-order valence-corrected chi connectivity index (χ3v) is 3.79. The summed E-state index contributed by atoms with van der Waals surface area (Å²) in [5.74, 6) is 0.634. The zero-order chi connectivity index (χ0) is 15.3. The van der Waals surface area contributed by atoms with Crippen molar-refractivity contribution in [2.75, 3.05) is 38.1 Å². The number of aromatic nitrogens is 1. The van der Waals surface area contributed by atoms with Crippen molar-refractivity contribution in [3.05, 3.63) is 23.9 Å². The zero-order valence-corrected chi connectivity index (χ0v) is 11.7. The lowest BCUT2D eigenvalue weighted by Crippen LogP contribution is -2.37. The fraction of sp³-hybridized carbons (Fsp3) is 0.643. The van der Waals surface area contributed by atoms with Crippen molar-refractivity contribution >= 4 is 5.82 Å². The van der Waals surface area contributed by atoms with Crippen LogP contribution in [0.25, 0.3) is 0 Å². The van der Waals surface area contributed by atoms with Crippen LogP contribution in [0.4, 0.5) is 19.0 Å². The molecular formula is C14H20F3N3O. The van der Waals surface area contributed by atoms with Crippen LogP contribution in [-0.4, -0.2) is 47.8 Å². The van der Waals surface area contributed by atoms with Crippen LogP contribution < -0.4 is 5.32 Å². The van der Waals surface area contributed by atoms with E-state index in [9.17, 15) is 13.2 Å². The Labute approximate surface area is 122 Å².